The topological polar surface area (TPSA) is 73.1 Å². The number of rotatable bonds is 3. The van der Waals surface area contributed by atoms with Gasteiger partial charge < -0.3 is 0 Å². The second kappa shape index (κ2) is 4.19. The Hall–Kier alpha value is -0.721. The molecule has 0 saturated heterocycles. The molecule has 0 aromatic carbocycles. The summed E-state index contributed by atoms with van der Waals surface area (Å²) in [5.74, 6) is -1.02. The molecule has 0 aliphatic rings. The van der Waals surface area contributed by atoms with Crippen LogP contribution >= 0.6 is 0 Å². The molecule has 0 aromatic heterocycles. The van der Waals surface area contributed by atoms with Gasteiger partial charge in [0.2, 0.25) is 0 Å². The Bertz CT molecular complexity index is 142. The van der Waals surface area contributed by atoms with Gasteiger partial charge in [-0.25, -0.2) is 0 Å². The predicted octanol–water partition coefficient (Wildman–Crippen LogP) is -0.903. The van der Waals surface area contributed by atoms with Gasteiger partial charge in [0.25, 0.3) is 0 Å². The minimum absolute atomic E-state index is 0.295. The van der Waals surface area contributed by atoms with Crippen LogP contribution in [-0.4, -0.2) is 33.1 Å². The summed E-state index contributed by atoms with van der Waals surface area (Å²) in [5.41, 5.74) is 0. The summed E-state index contributed by atoms with van der Waals surface area (Å²) in [6.45, 7) is 0. The molecule has 4 nitrogen and oxygen atoms in total. The van der Waals surface area contributed by atoms with Crippen molar-refractivity contribution in [1.82, 2.24) is 5.32 Å². The average Bonchev–Trinajstić information content (AvgIpc) is 1.82. The Labute approximate surface area is 60.7 Å². The maximum atomic E-state index is 10.1. The van der Waals surface area contributed by atoms with Crippen LogP contribution in [0.3, 0.4) is 0 Å². The Balaban J connectivity index is 3.71. The van der Waals surface area contributed by atoms with Gasteiger partial charge in [-0.3, -0.25) is 0 Å². The zero-order valence-electron chi connectivity index (χ0n) is 4.50. The van der Waals surface area contributed by atoms with Crippen molar-refractivity contribution in [3.63, 3.8) is 0 Å². The van der Waals surface area contributed by atoms with Gasteiger partial charge in [0.15, 0.2) is 0 Å². The predicted molar refractivity (Wildman–Crippen MR) is 30.7 cm³/mol. The summed E-state index contributed by atoms with van der Waals surface area (Å²) in [7, 11) is 0. The second-order valence-corrected chi connectivity index (χ2v) is 2.01. The summed E-state index contributed by atoms with van der Waals surface area (Å²) < 4.78 is 0. The molecule has 0 aliphatic heterocycles. The van der Waals surface area contributed by atoms with Gasteiger partial charge in [-0.1, -0.05) is 0 Å². The molecule has 0 rings (SSSR count). The third-order valence-electron chi connectivity index (χ3n) is 0.704. The van der Waals surface area contributed by atoms with Crippen molar-refractivity contribution in [3.8, 4) is 6.19 Å². The maximum absolute atomic E-state index is 10.1. The molecule has 1 atom stereocenters. The molecule has 49 valence electrons. The van der Waals surface area contributed by atoms with E-state index in [1.807, 2.05) is 0 Å². The Kier molecular flexibility index (Phi) is 3.85. The number of carbonyl (C=O) groups is 1. The molecule has 0 fully saturated rings. The normalized spacial score (nSPS) is 11.6. The molecule has 0 spiro atoms. The van der Waals surface area contributed by atoms with Crippen molar-refractivity contribution in [3.05, 3.63) is 0 Å². The van der Waals surface area contributed by atoms with Crippen LogP contribution in [0.1, 0.15) is 0 Å². The number of carboxylic acid groups (broad SMARTS) is 1. The fourth-order valence-corrected chi connectivity index (χ4v) is 0.727. The number of nitrogens with zero attached hydrogens (tertiary/aromatic N) is 1. The van der Waals surface area contributed by atoms with Gasteiger partial charge in [-0.2, -0.15) is 0 Å². The van der Waals surface area contributed by atoms with Crippen molar-refractivity contribution in [2.75, 3.05) is 0 Å². The number of hydrogen-bond acceptors (Lipinski definition) is 3. The van der Waals surface area contributed by atoms with Crippen molar-refractivity contribution in [1.29, 1.82) is 5.26 Å². The van der Waals surface area contributed by atoms with E-state index < -0.39 is 12.0 Å². The summed E-state index contributed by atoms with van der Waals surface area (Å²) in [5, 5.41) is 18.7. The molecule has 5 heteroatoms. The van der Waals surface area contributed by atoms with Crippen molar-refractivity contribution in [2.45, 2.75) is 11.4 Å². The van der Waals surface area contributed by atoms with E-state index in [4.69, 9.17) is 10.4 Å². The SMILES string of the molecule is N#CN[C@@H](C[Se])C(=O)O. The first-order valence-corrected chi connectivity index (χ1v) is 3.39. The molecule has 1 radical (unpaired) electrons. The molecule has 0 unspecified atom stereocenters. The number of carboxylic acids is 1. The van der Waals surface area contributed by atoms with Crippen LogP contribution in [0.2, 0.25) is 5.32 Å². The van der Waals surface area contributed by atoms with Crippen LogP contribution in [0, 0.1) is 11.5 Å². The van der Waals surface area contributed by atoms with E-state index in [1.54, 1.807) is 6.19 Å². The summed E-state index contributed by atoms with van der Waals surface area (Å²) in [4.78, 5) is 10.1. The van der Waals surface area contributed by atoms with Gasteiger partial charge in [0.05, 0.1) is 0 Å². The van der Waals surface area contributed by atoms with E-state index >= 15 is 0 Å². The van der Waals surface area contributed by atoms with Gasteiger partial charge in [-0.15, -0.1) is 0 Å². The van der Waals surface area contributed by atoms with Crippen LogP contribution in [0.15, 0.2) is 0 Å². The van der Waals surface area contributed by atoms with Crippen molar-refractivity contribution < 1.29 is 9.90 Å². The van der Waals surface area contributed by atoms with E-state index in [-0.39, 0.29) is 0 Å². The molecular formula is C4H5N2O2Se. The van der Waals surface area contributed by atoms with E-state index in [2.05, 4.69) is 21.3 Å². The monoisotopic (exact) mass is 193 g/mol. The molecule has 0 aliphatic carbocycles. The number of hydrogen-bond donors (Lipinski definition) is 2. The van der Waals surface area contributed by atoms with Crippen LogP contribution in [0.4, 0.5) is 0 Å². The minimum atomic E-state index is -1.02. The summed E-state index contributed by atoms with van der Waals surface area (Å²) in [6, 6.07) is -0.782. The first-order valence-electron chi connectivity index (χ1n) is 2.18. The van der Waals surface area contributed by atoms with Crippen LogP contribution in [0.5, 0.6) is 0 Å². The third-order valence-corrected chi connectivity index (χ3v) is 1.40. The number of nitrogens with one attached hydrogen (secondary N) is 1. The molecule has 9 heavy (non-hydrogen) atoms. The third kappa shape index (κ3) is 2.96. The van der Waals surface area contributed by atoms with Gasteiger partial charge in [0.1, 0.15) is 0 Å². The second-order valence-electron chi connectivity index (χ2n) is 1.31. The number of nitriles is 1. The van der Waals surface area contributed by atoms with Crippen LogP contribution in [-0.2, 0) is 4.79 Å². The zero-order chi connectivity index (χ0) is 7.28. The van der Waals surface area contributed by atoms with Crippen LogP contribution < -0.4 is 5.32 Å². The number of aliphatic carboxylic acids is 1. The van der Waals surface area contributed by atoms with E-state index in [1.165, 1.54) is 0 Å². The molecule has 0 amide bonds. The van der Waals surface area contributed by atoms with Gasteiger partial charge >= 0.3 is 60.0 Å². The average molecular weight is 192 g/mol. The fraction of sp³-hybridized carbons (Fsp3) is 0.500. The molecular weight excluding hydrogens is 187 g/mol. The van der Waals surface area contributed by atoms with E-state index in [0.29, 0.717) is 5.32 Å². The van der Waals surface area contributed by atoms with Crippen molar-refractivity contribution in [2.24, 2.45) is 0 Å². The quantitative estimate of drug-likeness (QED) is 0.345. The van der Waals surface area contributed by atoms with Crippen molar-refractivity contribution >= 4 is 22.0 Å². The van der Waals surface area contributed by atoms with Gasteiger partial charge in [-0.05, 0) is 0 Å². The van der Waals surface area contributed by atoms with E-state index in [9.17, 15) is 4.79 Å². The Morgan fingerprint density at radius 1 is 2.00 bits per heavy atom. The summed E-state index contributed by atoms with van der Waals surface area (Å²) >= 11 is 2.51. The fourth-order valence-electron chi connectivity index (χ4n) is 0.253. The Morgan fingerprint density at radius 2 is 2.56 bits per heavy atom. The molecule has 0 saturated carbocycles. The summed E-state index contributed by atoms with van der Waals surface area (Å²) in [6.07, 6.45) is 1.55. The molecule has 2 N–H and O–H groups in total. The molecule has 0 heterocycles. The van der Waals surface area contributed by atoms with Crippen LogP contribution in [0.25, 0.3) is 0 Å². The zero-order valence-corrected chi connectivity index (χ0v) is 6.21. The molecule has 0 bridgehead atoms. The first kappa shape index (κ1) is 8.28. The van der Waals surface area contributed by atoms with E-state index in [0.717, 1.165) is 0 Å². The van der Waals surface area contributed by atoms with Gasteiger partial charge in [0, 0.05) is 0 Å². The molecule has 0 aromatic rings. The first-order chi connectivity index (χ1) is 4.22. The Morgan fingerprint density at radius 3 is 2.67 bits per heavy atom. The standard InChI is InChI=1S/C4H5N2O2Se/c5-2-6-3(1-9)4(7)8/h3,6H,1H2,(H,7,8)/t3-/m0/s1.